The molecule has 0 aliphatic rings. The average molecular weight is 722 g/mol. The Hall–Kier alpha value is -6.53. The standard InChI is InChI=1S/C49H27N3S2/c1-2-13-31-26-33(23-20-28(31)10-1)47-50-48(37-17-9-19-40-43(37)36-16-7-8-18-39(36)53-40)52-49(51-47)38-27-32-22-21-29-11-3-5-14-34(29)42(32)46-45(38)44-35-15-6-4-12-30(35)24-25-41(44)54-46/h1-27H. The van der Waals surface area contributed by atoms with Crippen molar-refractivity contribution < 1.29 is 0 Å². The maximum Gasteiger partial charge on any atom is 0.164 e. The Bertz CT molecular complexity index is 3520. The Balaban J connectivity index is 1.24. The first-order valence-corrected chi connectivity index (χ1v) is 19.7. The first kappa shape index (κ1) is 30.0. The molecule has 9 aromatic carbocycles. The van der Waals surface area contributed by atoms with Gasteiger partial charge in [0.1, 0.15) is 0 Å². The van der Waals surface area contributed by atoms with E-state index in [4.69, 9.17) is 15.0 Å². The molecule has 0 amide bonds. The van der Waals surface area contributed by atoms with Gasteiger partial charge in [0, 0.05) is 62.4 Å². The van der Waals surface area contributed by atoms with Crippen molar-refractivity contribution in [2.75, 3.05) is 0 Å². The lowest BCUT2D eigenvalue weighted by atomic mass is 9.94. The topological polar surface area (TPSA) is 38.7 Å². The van der Waals surface area contributed by atoms with Gasteiger partial charge in [-0.1, -0.05) is 133 Å². The molecule has 54 heavy (non-hydrogen) atoms. The van der Waals surface area contributed by atoms with E-state index in [2.05, 4.69) is 164 Å². The summed E-state index contributed by atoms with van der Waals surface area (Å²) in [7, 11) is 0. The number of rotatable bonds is 3. The van der Waals surface area contributed by atoms with Crippen LogP contribution in [-0.4, -0.2) is 15.0 Å². The second kappa shape index (κ2) is 11.5. The largest absolute Gasteiger partial charge is 0.208 e. The zero-order valence-corrected chi connectivity index (χ0v) is 30.4. The molecule has 0 N–H and O–H groups in total. The van der Waals surface area contributed by atoms with Gasteiger partial charge in [0.05, 0.1) is 0 Å². The fourth-order valence-corrected chi connectivity index (χ4v) is 10.8. The van der Waals surface area contributed by atoms with Crippen LogP contribution in [0.25, 0.3) is 118 Å². The predicted octanol–water partition coefficient (Wildman–Crippen LogP) is 14.2. The molecule has 12 rings (SSSR count). The summed E-state index contributed by atoms with van der Waals surface area (Å²) in [5.41, 5.74) is 2.99. The molecule has 5 heteroatoms. The summed E-state index contributed by atoms with van der Waals surface area (Å²) in [5.74, 6) is 2.01. The Labute approximate surface area is 317 Å². The minimum absolute atomic E-state index is 0.661. The lowest BCUT2D eigenvalue weighted by Crippen LogP contribution is -2.01. The third kappa shape index (κ3) is 4.43. The third-order valence-corrected chi connectivity index (χ3v) is 13.2. The number of hydrogen-bond donors (Lipinski definition) is 0. The summed E-state index contributed by atoms with van der Waals surface area (Å²) in [4.78, 5) is 16.2. The second-order valence-corrected chi connectivity index (χ2v) is 16.1. The van der Waals surface area contributed by atoms with E-state index in [1.165, 1.54) is 78.0 Å². The van der Waals surface area contributed by atoms with Crippen molar-refractivity contribution in [2.24, 2.45) is 0 Å². The molecule has 3 aromatic heterocycles. The Kier molecular flexibility index (Phi) is 6.38. The highest BCUT2D eigenvalue weighted by Crippen LogP contribution is 2.48. The fourth-order valence-electron chi connectivity index (χ4n) is 8.40. The van der Waals surface area contributed by atoms with Crippen LogP contribution in [0.2, 0.25) is 0 Å². The van der Waals surface area contributed by atoms with Crippen molar-refractivity contribution in [3.63, 3.8) is 0 Å². The van der Waals surface area contributed by atoms with E-state index < -0.39 is 0 Å². The molecule has 3 heterocycles. The number of fused-ring (bicyclic) bond motifs is 13. The average Bonchev–Trinajstić information content (AvgIpc) is 3.82. The molecule has 0 atom stereocenters. The number of thiophene rings is 2. The predicted molar refractivity (Wildman–Crippen MR) is 232 cm³/mol. The van der Waals surface area contributed by atoms with Gasteiger partial charge in [-0.05, 0) is 68.0 Å². The molecule has 250 valence electrons. The van der Waals surface area contributed by atoms with Crippen molar-refractivity contribution >= 4 is 106 Å². The number of nitrogens with zero attached hydrogens (tertiary/aromatic N) is 3. The van der Waals surface area contributed by atoms with E-state index in [0.29, 0.717) is 17.5 Å². The van der Waals surface area contributed by atoms with Crippen molar-refractivity contribution in [1.29, 1.82) is 0 Å². The molecule has 0 radical (unpaired) electrons. The van der Waals surface area contributed by atoms with Crippen molar-refractivity contribution in [1.82, 2.24) is 15.0 Å². The van der Waals surface area contributed by atoms with Crippen LogP contribution in [0.1, 0.15) is 0 Å². The van der Waals surface area contributed by atoms with Gasteiger partial charge < -0.3 is 0 Å². The van der Waals surface area contributed by atoms with Crippen molar-refractivity contribution in [3.05, 3.63) is 164 Å². The first-order valence-electron chi connectivity index (χ1n) is 18.1. The molecule has 0 saturated heterocycles. The van der Waals surface area contributed by atoms with Gasteiger partial charge in [0.15, 0.2) is 17.5 Å². The monoisotopic (exact) mass is 721 g/mol. The van der Waals surface area contributed by atoms with Crippen LogP contribution in [0.3, 0.4) is 0 Å². The summed E-state index contributed by atoms with van der Waals surface area (Å²) >= 11 is 3.68. The SMILES string of the molecule is c1ccc2cc(-c3nc(-c4cccc5sc6ccccc6c45)nc(-c4cc5ccc6ccccc6c5c5sc6ccc7ccccc7c6c45)n3)ccc2c1. The van der Waals surface area contributed by atoms with Crippen LogP contribution in [0.4, 0.5) is 0 Å². The van der Waals surface area contributed by atoms with Gasteiger partial charge in [-0.2, -0.15) is 0 Å². The van der Waals surface area contributed by atoms with E-state index in [1.54, 1.807) is 0 Å². The molecule has 0 bridgehead atoms. The summed E-state index contributed by atoms with van der Waals surface area (Å²) < 4.78 is 4.98. The highest BCUT2D eigenvalue weighted by Gasteiger charge is 2.22. The number of benzene rings is 9. The minimum Gasteiger partial charge on any atom is -0.208 e. The normalized spacial score (nSPS) is 12.1. The van der Waals surface area contributed by atoms with Crippen LogP contribution in [0, 0.1) is 0 Å². The second-order valence-electron chi connectivity index (χ2n) is 13.9. The zero-order valence-electron chi connectivity index (χ0n) is 28.7. The Morgan fingerprint density at radius 3 is 1.74 bits per heavy atom. The lowest BCUT2D eigenvalue weighted by molar-refractivity contribution is 1.08. The smallest absolute Gasteiger partial charge is 0.164 e. The maximum absolute atomic E-state index is 5.47. The van der Waals surface area contributed by atoms with E-state index in [9.17, 15) is 0 Å². The van der Waals surface area contributed by atoms with Crippen LogP contribution in [0.15, 0.2) is 164 Å². The van der Waals surface area contributed by atoms with Crippen LogP contribution in [0.5, 0.6) is 0 Å². The van der Waals surface area contributed by atoms with E-state index in [1.807, 2.05) is 22.7 Å². The van der Waals surface area contributed by atoms with Crippen LogP contribution < -0.4 is 0 Å². The van der Waals surface area contributed by atoms with Crippen molar-refractivity contribution in [3.8, 4) is 34.2 Å². The fraction of sp³-hybridized carbons (Fsp3) is 0. The van der Waals surface area contributed by atoms with Gasteiger partial charge in [-0.15, -0.1) is 22.7 Å². The van der Waals surface area contributed by atoms with Gasteiger partial charge in [-0.3, -0.25) is 0 Å². The summed E-state index contributed by atoms with van der Waals surface area (Å²) in [6, 6.07) is 58.9. The summed E-state index contributed by atoms with van der Waals surface area (Å²) in [6.07, 6.45) is 0. The molecule has 3 nitrogen and oxygen atoms in total. The molecular weight excluding hydrogens is 695 g/mol. The number of aromatic nitrogens is 3. The van der Waals surface area contributed by atoms with Crippen molar-refractivity contribution in [2.45, 2.75) is 0 Å². The van der Waals surface area contributed by atoms with Crippen LogP contribution >= 0.6 is 22.7 Å². The summed E-state index contributed by atoms with van der Waals surface area (Å²) in [6.45, 7) is 0. The number of hydrogen-bond acceptors (Lipinski definition) is 5. The molecule has 0 unspecified atom stereocenters. The van der Waals surface area contributed by atoms with Gasteiger partial charge >= 0.3 is 0 Å². The minimum atomic E-state index is 0.661. The molecular formula is C49H27N3S2. The van der Waals surface area contributed by atoms with E-state index in [-0.39, 0.29) is 0 Å². The molecule has 0 fully saturated rings. The zero-order chi connectivity index (χ0) is 35.3. The summed E-state index contributed by atoms with van der Waals surface area (Å²) in [5, 5.41) is 14.6. The molecule has 0 aliphatic carbocycles. The lowest BCUT2D eigenvalue weighted by Gasteiger charge is -2.13. The highest BCUT2D eigenvalue weighted by molar-refractivity contribution is 7.27. The van der Waals surface area contributed by atoms with Gasteiger partial charge in [0.25, 0.3) is 0 Å². The molecule has 0 aliphatic heterocycles. The molecule has 0 saturated carbocycles. The Morgan fingerprint density at radius 1 is 0.315 bits per heavy atom. The van der Waals surface area contributed by atoms with Gasteiger partial charge in [0.2, 0.25) is 0 Å². The highest BCUT2D eigenvalue weighted by atomic mass is 32.1. The third-order valence-electron chi connectivity index (χ3n) is 10.9. The van der Waals surface area contributed by atoms with Crippen LogP contribution in [-0.2, 0) is 0 Å². The maximum atomic E-state index is 5.47. The Morgan fingerprint density at radius 2 is 0.907 bits per heavy atom. The van der Waals surface area contributed by atoms with E-state index in [0.717, 1.165) is 22.1 Å². The van der Waals surface area contributed by atoms with E-state index >= 15 is 0 Å². The quantitative estimate of drug-likeness (QED) is 0.171. The first-order chi connectivity index (χ1) is 26.7. The van der Waals surface area contributed by atoms with Gasteiger partial charge in [-0.25, -0.2) is 15.0 Å². The molecule has 0 spiro atoms. The molecule has 12 aromatic rings.